The number of thioether (sulfide) groups is 1. The first-order chi connectivity index (χ1) is 15.8. The summed E-state index contributed by atoms with van der Waals surface area (Å²) in [5, 5.41) is 8.05. The molecule has 0 aliphatic carbocycles. The highest BCUT2D eigenvalue weighted by Crippen LogP contribution is 2.27. The van der Waals surface area contributed by atoms with E-state index in [2.05, 4.69) is 16.0 Å². The highest BCUT2D eigenvalue weighted by atomic mass is 32.2. The number of ether oxygens (including phenoxy) is 1. The zero-order valence-corrected chi connectivity index (χ0v) is 19.4. The second kappa shape index (κ2) is 11.2. The van der Waals surface area contributed by atoms with E-state index in [1.807, 2.05) is 25.1 Å². The number of carbonyl (C=O) groups excluding carboxylic acids is 3. The molecule has 3 aromatic rings. The van der Waals surface area contributed by atoms with Gasteiger partial charge in [0.2, 0.25) is 11.8 Å². The fourth-order valence-corrected chi connectivity index (χ4v) is 3.88. The second-order valence-corrected chi connectivity index (χ2v) is 8.64. The minimum Gasteiger partial charge on any atom is -0.497 e. The smallest absolute Gasteiger partial charge is 0.255 e. The molecule has 0 radical (unpaired) electrons. The van der Waals surface area contributed by atoms with Crippen molar-refractivity contribution in [1.29, 1.82) is 0 Å². The van der Waals surface area contributed by atoms with Crippen LogP contribution in [0.25, 0.3) is 0 Å². The van der Waals surface area contributed by atoms with Gasteiger partial charge in [-0.1, -0.05) is 12.1 Å². The lowest BCUT2D eigenvalue weighted by Crippen LogP contribution is -2.22. The van der Waals surface area contributed by atoms with Crippen molar-refractivity contribution in [2.24, 2.45) is 0 Å². The maximum absolute atomic E-state index is 12.6. The predicted octanol–water partition coefficient (Wildman–Crippen LogP) is 5.03. The topological polar surface area (TPSA) is 96.5 Å². The summed E-state index contributed by atoms with van der Waals surface area (Å²) in [7, 11) is 1.55. The monoisotopic (exact) mass is 463 g/mol. The van der Waals surface area contributed by atoms with Crippen LogP contribution in [-0.2, 0) is 9.59 Å². The Bertz CT molecular complexity index is 1150. The lowest BCUT2D eigenvalue weighted by Gasteiger charge is -2.13. The molecule has 0 saturated carbocycles. The minimum absolute atomic E-state index is 0.154. The van der Waals surface area contributed by atoms with Crippen molar-refractivity contribution < 1.29 is 19.1 Å². The minimum atomic E-state index is -0.371. The van der Waals surface area contributed by atoms with Crippen LogP contribution in [0.15, 0.2) is 77.7 Å². The summed E-state index contributed by atoms with van der Waals surface area (Å²) in [6.07, 6.45) is 0. The van der Waals surface area contributed by atoms with Gasteiger partial charge < -0.3 is 20.7 Å². The lowest BCUT2D eigenvalue weighted by molar-refractivity contribution is -0.115. The summed E-state index contributed by atoms with van der Waals surface area (Å²) in [5.74, 6) is 0.0536. The lowest BCUT2D eigenvalue weighted by atomic mass is 10.2. The number of rotatable bonds is 8. The average molecular weight is 464 g/mol. The summed E-state index contributed by atoms with van der Waals surface area (Å²) >= 11 is 1.39. The molecule has 170 valence electrons. The van der Waals surface area contributed by atoms with Crippen LogP contribution in [0.4, 0.5) is 17.1 Å². The Hall–Kier alpha value is -3.78. The van der Waals surface area contributed by atoms with Gasteiger partial charge >= 0.3 is 0 Å². The standard InChI is InChI=1S/C25H25N3O4S/c1-16(24(30)27-20-12-10-19(11-13-20)26-17(2)29)33-23-9-5-7-21(15-23)28-25(31)18-6-4-8-22(14-18)32-3/h4-16H,1-3H3,(H,26,29)(H,27,30)(H,28,31). The molecule has 3 rings (SSSR count). The maximum Gasteiger partial charge on any atom is 0.255 e. The molecule has 8 heteroatoms. The van der Waals surface area contributed by atoms with E-state index in [1.165, 1.54) is 18.7 Å². The average Bonchev–Trinajstić information content (AvgIpc) is 2.80. The zero-order valence-electron chi connectivity index (χ0n) is 18.5. The van der Waals surface area contributed by atoms with Crippen LogP contribution in [0.2, 0.25) is 0 Å². The molecule has 0 saturated heterocycles. The maximum atomic E-state index is 12.6. The van der Waals surface area contributed by atoms with Gasteiger partial charge in [0.25, 0.3) is 5.91 Å². The Labute approximate surface area is 196 Å². The predicted molar refractivity (Wildman–Crippen MR) is 132 cm³/mol. The number of amides is 3. The van der Waals surface area contributed by atoms with E-state index in [1.54, 1.807) is 61.7 Å². The molecule has 0 aromatic heterocycles. The molecule has 1 unspecified atom stereocenters. The van der Waals surface area contributed by atoms with Crippen molar-refractivity contribution in [1.82, 2.24) is 0 Å². The van der Waals surface area contributed by atoms with Crippen LogP contribution < -0.4 is 20.7 Å². The first-order valence-corrected chi connectivity index (χ1v) is 11.1. The van der Waals surface area contributed by atoms with Crippen LogP contribution in [-0.4, -0.2) is 30.1 Å². The molecule has 0 aliphatic heterocycles. The number of carbonyl (C=O) groups is 3. The van der Waals surface area contributed by atoms with Crippen molar-refractivity contribution in [3.05, 3.63) is 78.4 Å². The van der Waals surface area contributed by atoms with Crippen molar-refractivity contribution in [2.75, 3.05) is 23.1 Å². The highest BCUT2D eigenvalue weighted by Gasteiger charge is 2.15. The van der Waals surface area contributed by atoms with Crippen LogP contribution in [0.3, 0.4) is 0 Å². The van der Waals surface area contributed by atoms with E-state index in [0.717, 1.165) is 4.90 Å². The summed E-state index contributed by atoms with van der Waals surface area (Å²) in [4.78, 5) is 37.1. The summed E-state index contributed by atoms with van der Waals surface area (Å²) < 4.78 is 5.17. The van der Waals surface area contributed by atoms with Gasteiger partial charge in [0.1, 0.15) is 5.75 Å². The van der Waals surface area contributed by atoms with Gasteiger partial charge in [-0.05, 0) is 67.6 Å². The van der Waals surface area contributed by atoms with Crippen LogP contribution >= 0.6 is 11.8 Å². The third kappa shape index (κ3) is 7.11. The van der Waals surface area contributed by atoms with E-state index < -0.39 is 0 Å². The number of anilines is 3. The summed E-state index contributed by atoms with van der Waals surface area (Å²) in [6, 6.07) is 21.2. The van der Waals surface area contributed by atoms with Gasteiger partial charge in [0, 0.05) is 34.4 Å². The molecule has 0 aliphatic rings. The van der Waals surface area contributed by atoms with Crippen molar-refractivity contribution in [3.63, 3.8) is 0 Å². The SMILES string of the molecule is COc1cccc(C(=O)Nc2cccc(SC(C)C(=O)Nc3ccc(NC(C)=O)cc3)c2)c1. The van der Waals surface area contributed by atoms with Crippen molar-refractivity contribution in [2.45, 2.75) is 24.0 Å². The molecule has 3 N–H and O–H groups in total. The van der Waals surface area contributed by atoms with E-state index in [0.29, 0.717) is 28.4 Å². The van der Waals surface area contributed by atoms with E-state index in [-0.39, 0.29) is 23.0 Å². The number of hydrogen-bond acceptors (Lipinski definition) is 5. The molecular weight excluding hydrogens is 438 g/mol. The molecule has 0 heterocycles. The normalized spacial score (nSPS) is 11.2. The van der Waals surface area contributed by atoms with E-state index >= 15 is 0 Å². The van der Waals surface area contributed by atoms with E-state index in [4.69, 9.17) is 4.74 Å². The van der Waals surface area contributed by atoms with Gasteiger partial charge in [0.15, 0.2) is 0 Å². The molecule has 33 heavy (non-hydrogen) atoms. The number of hydrogen-bond donors (Lipinski definition) is 3. The zero-order chi connectivity index (χ0) is 23.8. The second-order valence-electron chi connectivity index (χ2n) is 7.22. The number of methoxy groups -OCH3 is 1. The van der Waals surface area contributed by atoms with Crippen LogP contribution in [0, 0.1) is 0 Å². The molecule has 0 spiro atoms. The van der Waals surface area contributed by atoms with Gasteiger partial charge in [-0.2, -0.15) is 0 Å². The fraction of sp³-hybridized carbons (Fsp3) is 0.160. The van der Waals surface area contributed by atoms with E-state index in [9.17, 15) is 14.4 Å². The number of benzene rings is 3. The third-order valence-electron chi connectivity index (χ3n) is 4.58. The molecule has 3 amide bonds. The van der Waals surface area contributed by atoms with Gasteiger partial charge in [-0.3, -0.25) is 14.4 Å². The Morgan fingerprint density at radius 1 is 0.818 bits per heavy atom. The Morgan fingerprint density at radius 3 is 2.15 bits per heavy atom. The summed E-state index contributed by atoms with van der Waals surface area (Å²) in [5.41, 5.74) is 2.43. The summed E-state index contributed by atoms with van der Waals surface area (Å²) in [6.45, 7) is 3.25. The largest absolute Gasteiger partial charge is 0.497 e. The quantitative estimate of drug-likeness (QED) is 0.408. The molecule has 0 fully saturated rings. The number of nitrogens with one attached hydrogen (secondary N) is 3. The molecular formula is C25H25N3O4S. The molecule has 3 aromatic carbocycles. The van der Waals surface area contributed by atoms with Crippen LogP contribution in [0.5, 0.6) is 5.75 Å². The van der Waals surface area contributed by atoms with Gasteiger partial charge in [-0.15, -0.1) is 11.8 Å². The van der Waals surface area contributed by atoms with Crippen molar-refractivity contribution in [3.8, 4) is 5.75 Å². The van der Waals surface area contributed by atoms with Crippen LogP contribution in [0.1, 0.15) is 24.2 Å². The van der Waals surface area contributed by atoms with Gasteiger partial charge in [-0.25, -0.2) is 0 Å². The van der Waals surface area contributed by atoms with Gasteiger partial charge in [0.05, 0.1) is 12.4 Å². The molecule has 7 nitrogen and oxygen atoms in total. The first-order valence-electron chi connectivity index (χ1n) is 10.2. The Morgan fingerprint density at radius 2 is 1.48 bits per heavy atom. The first kappa shape index (κ1) is 23.9. The van der Waals surface area contributed by atoms with Crippen molar-refractivity contribution >= 4 is 46.5 Å². The Balaban J connectivity index is 1.59. The highest BCUT2D eigenvalue weighted by molar-refractivity contribution is 8.00. The fourth-order valence-electron chi connectivity index (χ4n) is 2.96. The Kier molecular flexibility index (Phi) is 8.10. The molecule has 0 bridgehead atoms. The molecule has 1 atom stereocenters. The third-order valence-corrected chi connectivity index (χ3v) is 5.67.